The van der Waals surface area contributed by atoms with E-state index in [0.717, 1.165) is 49.9 Å². The van der Waals surface area contributed by atoms with E-state index in [0.29, 0.717) is 19.0 Å². The Kier molecular flexibility index (Phi) is 5.60. The number of thiophene rings is 1. The van der Waals surface area contributed by atoms with Crippen molar-refractivity contribution in [3.05, 3.63) is 22.4 Å². The summed E-state index contributed by atoms with van der Waals surface area (Å²) in [5.41, 5.74) is 0. The van der Waals surface area contributed by atoms with Crippen LogP contribution in [0.4, 0.5) is 0 Å². The van der Waals surface area contributed by atoms with E-state index >= 15 is 0 Å². The largest absolute Gasteiger partial charge is 0.340 e. The Bertz CT molecular complexity index is 611. The summed E-state index contributed by atoms with van der Waals surface area (Å²) in [6.45, 7) is 5.23. The molecule has 5 nitrogen and oxygen atoms in total. The summed E-state index contributed by atoms with van der Waals surface area (Å²) < 4.78 is 0. The van der Waals surface area contributed by atoms with Gasteiger partial charge in [-0.1, -0.05) is 18.9 Å². The average molecular weight is 376 g/mol. The quantitative estimate of drug-likeness (QED) is 0.816. The molecule has 2 amide bonds. The number of rotatable bonds is 3. The van der Waals surface area contributed by atoms with E-state index in [1.807, 2.05) is 22.4 Å². The van der Waals surface area contributed by atoms with Gasteiger partial charge in [0.05, 0.1) is 4.88 Å². The average Bonchev–Trinajstić information content (AvgIpc) is 3.41. The number of hydrogen-bond acceptors (Lipinski definition) is 4. The van der Waals surface area contributed by atoms with Gasteiger partial charge in [-0.25, -0.2) is 0 Å². The van der Waals surface area contributed by atoms with Crippen molar-refractivity contribution in [1.29, 1.82) is 0 Å². The van der Waals surface area contributed by atoms with Gasteiger partial charge in [0.2, 0.25) is 5.91 Å². The summed E-state index contributed by atoms with van der Waals surface area (Å²) in [6.07, 6.45) is 7.02. The van der Waals surface area contributed by atoms with Crippen LogP contribution < -0.4 is 0 Å². The van der Waals surface area contributed by atoms with Gasteiger partial charge in [-0.05, 0) is 37.1 Å². The minimum atomic E-state index is 0.0976. The predicted octanol–water partition coefficient (Wildman–Crippen LogP) is 2.69. The second-order valence-corrected chi connectivity index (χ2v) is 8.79. The van der Waals surface area contributed by atoms with Crippen LogP contribution in [-0.2, 0) is 4.79 Å². The van der Waals surface area contributed by atoms with Gasteiger partial charge in [0.1, 0.15) is 0 Å². The normalized spacial score (nSPS) is 23.5. The molecule has 6 heteroatoms. The summed E-state index contributed by atoms with van der Waals surface area (Å²) in [5, 5.41) is 1.94. The lowest BCUT2D eigenvalue weighted by Gasteiger charge is -2.40. The first-order valence-corrected chi connectivity index (χ1v) is 11.0. The predicted molar refractivity (Wildman–Crippen MR) is 103 cm³/mol. The zero-order valence-electron chi connectivity index (χ0n) is 15.4. The molecule has 3 fully saturated rings. The number of nitrogens with zero attached hydrogens (tertiary/aromatic N) is 3. The van der Waals surface area contributed by atoms with Crippen molar-refractivity contribution in [2.24, 2.45) is 5.92 Å². The van der Waals surface area contributed by atoms with E-state index in [-0.39, 0.29) is 11.8 Å². The highest BCUT2D eigenvalue weighted by Gasteiger charge is 2.33. The van der Waals surface area contributed by atoms with Crippen LogP contribution in [0.3, 0.4) is 0 Å². The Morgan fingerprint density at radius 1 is 0.885 bits per heavy atom. The number of amides is 2. The number of carbonyl (C=O) groups excluding carboxylic acids is 2. The topological polar surface area (TPSA) is 43.9 Å². The Hall–Kier alpha value is -1.40. The summed E-state index contributed by atoms with van der Waals surface area (Å²) >= 11 is 1.49. The molecular formula is C20H29N3O2S. The highest BCUT2D eigenvalue weighted by molar-refractivity contribution is 7.12. The highest BCUT2D eigenvalue weighted by Crippen LogP contribution is 2.26. The van der Waals surface area contributed by atoms with Crippen molar-refractivity contribution in [3.63, 3.8) is 0 Å². The fourth-order valence-electron chi connectivity index (χ4n) is 4.72. The Labute approximate surface area is 159 Å². The molecule has 0 N–H and O–H groups in total. The number of likely N-dealkylation sites (tertiary alicyclic amines) is 1. The Morgan fingerprint density at radius 3 is 2.19 bits per heavy atom. The molecule has 4 rings (SSSR count). The van der Waals surface area contributed by atoms with Crippen LogP contribution in [0.25, 0.3) is 0 Å². The van der Waals surface area contributed by atoms with Gasteiger partial charge in [-0.2, -0.15) is 0 Å². The second-order valence-electron chi connectivity index (χ2n) is 7.84. The minimum Gasteiger partial charge on any atom is -0.340 e. The second kappa shape index (κ2) is 8.09. The first-order chi connectivity index (χ1) is 12.7. The Balaban J connectivity index is 1.24. The van der Waals surface area contributed by atoms with E-state index in [4.69, 9.17) is 0 Å². The fourth-order valence-corrected chi connectivity index (χ4v) is 5.41. The van der Waals surface area contributed by atoms with Crippen LogP contribution in [-0.4, -0.2) is 71.8 Å². The molecule has 2 saturated heterocycles. The van der Waals surface area contributed by atoms with E-state index < -0.39 is 0 Å². The monoisotopic (exact) mass is 375 g/mol. The summed E-state index contributed by atoms with van der Waals surface area (Å²) in [4.78, 5) is 32.7. The van der Waals surface area contributed by atoms with Gasteiger partial charge in [0.15, 0.2) is 0 Å². The van der Waals surface area contributed by atoms with Crippen LogP contribution in [0.5, 0.6) is 0 Å². The lowest BCUT2D eigenvalue weighted by Crippen LogP contribution is -2.53. The van der Waals surface area contributed by atoms with Crippen molar-refractivity contribution in [2.45, 2.75) is 44.6 Å². The summed E-state index contributed by atoms with van der Waals surface area (Å²) in [5.74, 6) is 0.538. The van der Waals surface area contributed by atoms with Crippen LogP contribution >= 0.6 is 11.3 Å². The fraction of sp³-hybridized carbons (Fsp3) is 0.700. The molecule has 0 aromatic carbocycles. The van der Waals surface area contributed by atoms with Crippen LogP contribution in [0.1, 0.15) is 48.2 Å². The highest BCUT2D eigenvalue weighted by atomic mass is 32.1. The molecular weight excluding hydrogens is 346 g/mol. The smallest absolute Gasteiger partial charge is 0.263 e. The van der Waals surface area contributed by atoms with Crippen molar-refractivity contribution in [2.75, 3.05) is 39.3 Å². The molecule has 142 valence electrons. The van der Waals surface area contributed by atoms with Crippen molar-refractivity contribution in [1.82, 2.24) is 14.7 Å². The molecule has 2 aliphatic heterocycles. The van der Waals surface area contributed by atoms with Crippen molar-refractivity contribution >= 4 is 23.2 Å². The van der Waals surface area contributed by atoms with Gasteiger partial charge >= 0.3 is 0 Å². The standard InChI is InChI=1S/C20H29N3O2S/c24-19(23-13-11-21(12-14-23)17-4-1-2-5-17)16-7-9-22(10-8-16)20(25)18-6-3-15-26-18/h3,6,15-17H,1-2,4-5,7-14H2. The third-order valence-electron chi connectivity index (χ3n) is 6.33. The first-order valence-electron chi connectivity index (χ1n) is 10.1. The molecule has 0 radical (unpaired) electrons. The van der Waals surface area contributed by atoms with Gasteiger partial charge in [0, 0.05) is 51.2 Å². The van der Waals surface area contributed by atoms with Gasteiger partial charge in [-0.3, -0.25) is 14.5 Å². The summed E-state index contributed by atoms with van der Waals surface area (Å²) in [7, 11) is 0. The lowest BCUT2D eigenvalue weighted by molar-refractivity contribution is -0.139. The molecule has 1 aromatic rings. The number of hydrogen-bond donors (Lipinski definition) is 0. The van der Waals surface area contributed by atoms with Crippen molar-refractivity contribution in [3.8, 4) is 0 Å². The van der Waals surface area contributed by atoms with Gasteiger partial charge in [0.25, 0.3) is 5.91 Å². The molecule has 0 spiro atoms. The van der Waals surface area contributed by atoms with Crippen molar-refractivity contribution < 1.29 is 9.59 Å². The van der Waals surface area contributed by atoms with E-state index in [9.17, 15) is 9.59 Å². The van der Waals surface area contributed by atoms with Crippen LogP contribution in [0, 0.1) is 5.92 Å². The number of piperazine rings is 1. The van der Waals surface area contributed by atoms with Crippen LogP contribution in [0.2, 0.25) is 0 Å². The molecule has 3 aliphatic rings. The molecule has 0 bridgehead atoms. The molecule has 0 unspecified atom stereocenters. The summed E-state index contributed by atoms with van der Waals surface area (Å²) in [6, 6.07) is 4.56. The maximum atomic E-state index is 12.9. The molecule has 1 aliphatic carbocycles. The molecule has 3 heterocycles. The zero-order chi connectivity index (χ0) is 17.9. The van der Waals surface area contributed by atoms with Crippen LogP contribution in [0.15, 0.2) is 17.5 Å². The minimum absolute atomic E-state index is 0.0976. The van der Waals surface area contributed by atoms with E-state index in [1.54, 1.807) is 0 Å². The number of piperidine rings is 1. The zero-order valence-corrected chi connectivity index (χ0v) is 16.3. The molecule has 26 heavy (non-hydrogen) atoms. The lowest BCUT2D eigenvalue weighted by atomic mass is 9.94. The third kappa shape index (κ3) is 3.81. The number of carbonyl (C=O) groups is 2. The molecule has 1 aromatic heterocycles. The maximum Gasteiger partial charge on any atom is 0.263 e. The molecule has 1 saturated carbocycles. The van der Waals surface area contributed by atoms with Gasteiger partial charge in [-0.15, -0.1) is 11.3 Å². The SMILES string of the molecule is O=C(c1cccs1)N1CCC(C(=O)N2CCN(C3CCCC3)CC2)CC1. The third-order valence-corrected chi connectivity index (χ3v) is 7.19. The Morgan fingerprint density at radius 2 is 1.58 bits per heavy atom. The van der Waals surface area contributed by atoms with Gasteiger partial charge < -0.3 is 9.80 Å². The van der Waals surface area contributed by atoms with E-state index in [1.165, 1.54) is 37.0 Å². The first kappa shape index (κ1) is 18.0. The molecule has 0 atom stereocenters. The van der Waals surface area contributed by atoms with E-state index in [2.05, 4.69) is 9.80 Å². The maximum absolute atomic E-state index is 12.9.